The summed E-state index contributed by atoms with van der Waals surface area (Å²) in [5, 5.41) is 0.633. The van der Waals surface area contributed by atoms with Crippen LogP contribution in [0.15, 0.2) is 69.6 Å². The molecule has 1 aliphatic rings. The molecule has 5 nitrogen and oxygen atoms in total. The number of rotatable bonds is 5. The number of halogens is 1. The molecule has 1 atom stereocenters. The van der Waals surface area contributed by atoms with Crippen molar-refractivity contribution >= 4 is 35.0 Å². The fraction of sp³-hybridized carbons (Fsp3) is 0.269. The Morgan fingerprint density at radius 3 is 2.45 bits per heavy atom. The third kappa shape index (κ3) is 4.59. The van der Waals surface area contributed by atoms with Crippen molar-refractivity contribution in [2.45, 2.75) is 39.7 Å². The third-order valence-electron chi connectivity index (χ3n) is 5.60. The van der Waals surface area contributed by atoms with Crippen molar-refractivity contribution in [1.82, 2.24) is 4.57 Å². The van der Waals surface area contributed by atoms with E-state index in [1.54, 1.807) is 30.5 Å². The molecule has 2 aromatic carbocycles. The maximum absolute atomic E-state index is 13.6. The average Bonchev–Trinajstić information content (AvgIpc) is 3.09. The number of hydrogen-bond acceptors (Lipinski definition) is 5. The highest BCUT2D eigenvalue weighted by molar-refractivity contribution is 7.07. The Morgan fingerprint density at radius 1 is 1.18 bits per heavy atom. The zero-order chi connectivity index (χ0) is 23.7. The number of thiazole rings is 1. The molecule has 170 valence electrons. The summed E-state index contributed by atoms with van der Waals surface area (Å²) in [5.74, 6) is -0.0779. The van der Waals surface area contributed by atoms with Crippen LogP contribution in [0, 0.1) is 0 Å². The summed E-state index contributed by atoms with van der Waals surface area (Å²) in [4.78, 5) is 31.7. The Balaban J connectivity index is 1.92. The first-order valence-electron chi connectivity index (χ1n) is 10.8. The fourth-order valence-corrected chi connectivity index (χ4v) is 5.05. The number of allylic oxidation sites excluding steroid dienone is 1. The zero-order valence-corrected chi connectivity index (χ0v) is 20.5. The normalized spacial score (nSPS) is 16.1. The Labute approximate surface area is 201 Å². The van der Waals surface area contributed by atoms with E-state index in [4.69, 9.17) is 16.3 Å². The lowest BCUT2D eigenvalue weighted by Gasteiger charge is -2.25. The van der Waals surface area contributed by atoms with Crippen LogP contribution in [0.2, 0.25) is 5.02 Å². The molecule has 3 aromatic rings. The maximum atomic E-state index is 13.6. The number of benzene rings is 2. The van der Waals surface area contributed by atoms with Crippen LogP contribution >= 0.6 is 22.9 Å². The van der Waals surface area contributed by atoms with Gasteiger partial charge in [0.1, 0.15) is 0 Å². The van der Waals surface area contributed by atoms with E-state index >= 15 is 0 Å². The van der Waals surface area contributed by atoms with Gasteiger partial charge in [0.05, 0.1) is 28.5 Å². The second kappa shape index (κ2) is 9.49. The van der Waals surface area contributed by atoms with Crippen LogP contribution in [-0.4, -0.2) is 17.1 Å². The number of carbonyl (C=O) groups is 1. The van der Waals surface area contributed by atoms with Crippen molar-refractivity contribution < 1.29 is 9.53 Å². The summed E-state index contributed by atoms with van der Waals surface area (Å²) in [7, 11) is 0. The fourth-order valence-electron chi connectivity index (χ4n) is 3.88. The monoisotopic (exact) mass is 480 g/mol. The lowest BCUT2D eigenvalue weighted by molar-refractivity contribution is -0.139. The Bertz CT molecular complexity index is 1400. The quantitative estimate of drug-likeness (QED) is 0.502. The number of fused-ring (bicyclic) bond motifs is 1. The van der Waals surface area contributed by atoms with Gasteiger partial charge in [0.15, 0.2) is 4.80 Å². The van der Waals surface area contributed by atoms with Gasteiger partial charge in [-0.3, -0.25) is 9.36 Å². The molecule has 7 heteroatoms. The number of esters is 1. The third-order valence-corrected chi connectivity index (χ3v) is 6.84. The number of nitrogens with zero attached hydrogens (tertiary/aromatic N) is 2. The predicted octanol–water partition coefficient (Wildman–Crippen LogP) is 4.58. The van der Waals surface area contributed by atoms with Crippen molar-refractivity contribution in [3.8, 4) is 0 Å². The van der Waals surface area contributed by atoms with E-state index in [-0.39, 0.29) is 12.2 Å². The van der Waals surface area contributed by atoms with Crippen LogP contribution in [0.25, 0.3) is 6.08 Å². The van der Waals surface area contributed by atoms with Gasteiger partial charge in [0.25, 0.3) is 5.56 Å². The first kappa shape index (κ1) is 23.2. The smallest absolute Gasteiger partial charge is 0.338 e. The summed E-state index contributed by atoms with van der Waals surface area (Å²) in [6, 6.07) is 14.7. The Morgan fingerprint density at radius 2 is 1.85 bits per heavy atom. The molecule has 0 saturated carbocycles. The lowest BCUT2D eigenvalue weighted by atomic mass is 9.93. The van der Waals surface area contributed by atoms with Crippen molar-refractivity contribution in [3.63, 3.8) is 0 Å². The molecule has 2 heterocycles. The SMILES string of the molecule is CCOC(=O)C1=C(C)N=c2sc(=Cc3ccc(Cl)cc3)c(=O)n2[C@@H]1c1ccc(C(C)C)cc1. The Hall–Kier alpha value is -2.96. The number of ether oxygens (including phenoxy) is 1. The maximum Gasteiger partial charge on any atom is 0.338 e. The van der Waals surface area contributed by atoms with E-state index < -0.39 is 12.0 Å². The molecule has 1 aromatic heterocycles. The van der Waals surface area contributed by atoms with Crippen LogP contribution in [0.5, 0.6) is 0 Å². The molecular formula is C26H25ClN2O3S. The molecule has 4 rings (SSSR count). The summed E-state index contributed by atoms with van der Waals surface area (Å²) < 4.78 is 7.49. The standard InChI is InChI=1S/C26H25ClN2O3S/c1-5-32-25(31)22-16(4)28-26-29(23(22)19-10-8-18(9-11-19)15(2)3)24(30)21(33-26)14-17-6-12-20(27)13-7-17/h6-15,23H,5H2,1-4H3/t23-/m1/s1. The largest absolute Gasteiger partial charge is 0.463 e. The highest BCUT2D eigenvalue weighted by Gasteiger charge is 2.33. The van der Waals surface area contributed by atoms with Gasteiger partial charge in [-0.25, -0.2) is 9.79 Å². The van der Waals surface area contributed by atoms with Crippen LogP contribution in [0.4, 0.5) is 0 Å². The van der Waals surface area contributed by atoms with Crippen molar-refractivity contribution in [1.29, 1.82) is 0 Å². The topological polar surface area (TPSA) is 60.7 Å². The zero-order valence-electron chi connectivity index (χ0n) is 19.0. The van der Waals surface area contributed by atoms with Gasteiger partial charge >= 0.3 is 5.97 Å². The van der Waals surface area contributed by atoms with Crippen LogP contribution in [0.3, 0.4) is 0 Å². The van der Waals surface area contributed by atoms with Gasteiger partial charge in [-0.15, -0.1) is 0 Å². The van der Waals surface area contributed by atoms with E-state index in [1.165, 1.54) is 16.9 Å². The second-order valence-electron chi connectivity index (χ2n) is 8.18. The van der Waals surface area contributed by atoms with Gasteiger partial charge in [0.2, 0.25) is 0 Å². The number of carbonyl (C=O) groups excluding carboxylic acids is 1. The number of aromatic nitrogens is 1. The minimum Gasteiger partial charge on any atom is -0.463 e. The highest BCUT2D eigenvalue weighted by Crippen LogP contribution is 2.31. The van der Waals surface area contributed by atoms with E-state index in [1.807, 2.05) is 42.5 Å². The van der Waals surface area contributed by atoms with E-state index in [0.717, 1.165) is 11.1 Å². The molecule has 0 bridgehead atoms. The van der Waals surface area contributed by atoms with Gasteiger partial charge in [-0.1, -0.05) is 73.2 Å². The number of hydrogen-bond donors (Lipinski definition) is 0. The molecule has 0 saturated heterocycles. The van der Waals surface area contributed by atoms with Gasteiger partial charge in [-0.2, -0.15) is 0 Å². The minimum atomic E-state index is -0.603. The molecule has 0 unspecified atom stereocenters. The second-order valence-corrected chi connectivity index (χ2v) is 9.62. The van der Waals surface area contributed by atoms with Crippen LogP contribution in [-0.2, 0) is 9.53 Å². The molecule has 1 aliphatic heterocycles. The molecule has 0 N–H and O–H groups in total. The van der Waals surface area contributed by atoms with Crippen LogP contribution in [0.1, 0.15) is 56.3 Å². The molecular weight excluding hydrogens is 456 g/mol. The van der Waals surface area contributed by atoms with Crippen molar-refractivity contribution in [2.24, 2.45) is 4.99 Å². The van der Waals surface area contributed by atoms with Gasteiger partial charge in [-0.05, 0) is 54.7 Å². The molecule has 0 spiro atoms. The predicted molar refractivity (Wildman–Crippen MR) is 132 cm³/mol. The van der Waals surface area contributed by atoms with E-state index in [0.29, 0.717) is 31.5 Å². The molecule has 0 amide bonds. The van der Waals surface area contributed by atoms with Crippen molar-refractivity contribution in [3.05, 3.63) is 101 Å². The lowest BCUT2D eigenvalue weighted by Crippen LogP contribution is -2.39. The summed E-state index contributed by atoms with van der Waals surface area (Å²) >= 11 is 7.30. The first-order chi connectivity index (χ1) is 15.8. The van der Waals surface area contributed by atoms with Gasteiger partial charge < -0.3 is 4.74 Å². The molecule has 0 fully saturated rings. The molecule has 33 heavy (non-hydrogen) atoms. The van der Waals surface area contributed by atoms with Crippen molar-refractivity contribution in [2.75, 3.05) is 6.61 Å². The Kier molecular flexibility index (Phi) is 6.68. The highest BCUT2D eigenvalue weighted by atomic mass is 35.5. The molecule has 0 radical (unpaired) electrons. The molecule has 0 aliphatic carbocycles. The van der Waals surface area contributed by atoms with Crippen LogP contribution < -0.4 is 14.9 Å². The van der Waals surface area contributed by atoms with Gasteiger partial charge in [0, 0.05) is 5.02 Å². The van der Waals surface area contributed by atoms with E-state index in [2.05, 4.69) is 18.8 Å². The first-order valence-corrected chi connectivity index (χ1v) is 12.0. The summed E-state index contributed by atoms with van der Waals surface area (Å²) in [6.45, 7) is 8.06. The average molecular weight is 481 g/mol. The van der Waals surface area contributed by atoms with E-state index in [9.17, 15) is 9.59 Å². The summed E-state index contributed by atoms with van der Waals surface area (Å²) in [6.07, 6.45) is 1.82. The summed E-state index contributed by atoms with van der Waals surface area (Å²) in [5.41, 5.74) is 3.65. The minimum absolute atomic E-state index is 0.194.